The standard InChI is InChI=1S/C11H14FNO2/c1-14-10-3-2-4-11(5-10)15-8-9(6-12)7-13/h2-6H,7-8,13H2,1H3. The highest BCUT2D eigenvalue weighted by Crippen LogP contribution is 2.19. The summed E-state index contributed by atoms with van der Waals surface area (Å²) in [5.41, 5.74) is 5.71. The molecule has 0 bridgehead atoms. The number of ether oxygens (including phenoxy) is 2. The summed E-state index contributed by atoms with van der Waals surface area (Å²) in [6.07, 6.45) is 0.472. The van der Waals surface area contributed by atoms with Crippen molar-refractivity contribution in [2.45, 2.75) is 0 Å². The van der Waals surface area contributed by atoms with Crippen LogP contribution in [-0.2, 0) is 0 Å². The van der Waals surface area contributed by atoms with Crippen LogP contribution in [0.25, 0.3) is 0 Å². The lowest BCUT2D eigenvalue weighted by atomic mass is 10.3. The highest BCUT2D eigenvalue weighted by molar-refractivity contribution is 5.33. The van der Waals surface area contributed by atoms with Crippen LogP contribution in [0.2, 0.25) is 0 Å². The molecule has 0 spiro atoms. The number of methoxy groups -OCH3 is 1. The van der Waals surface area contributed by atoms with Gasteiger partial charge in [0.15, 0.2) is 0 Å². The topological polar surface area (TPSA) is 44.5 Å². The molecule has 15 heavy (non-hydrogen) atoms. The second-order valence-corrected chi connectivity index (χ2v) is 2.94. The Bertz CT molecular complexity index is 339. The van der Waals surface area contributed by atoms with Crippen LogP contribution in [0.1, 0.15) is 0 Å². The summed E-state index contributed by atoms with van der Waals surface area (Å²) in [5, 5.41) is 0. The van der Waals surface area contributed by atoms with Crippen molar-refractivity contribution in [3.63, 3.8) is 0 Å². The molecular weight excluding hydrogens is 197 g/mol. The highest BCUT2D eigenvalue weighted by Gasteiger charge is 1.99. The van der Waals surface area contributed by atoms with Gasteiger partial charge in [-0.3, -0.25) is 0 Å². The first-order valence-corrected chi connectivity index (χ1v) is 4.55. The molecule has 0 saturated heterocycles. The Morgan fingerprint density at radius 2 is 2.20 bits per heavy atom. The van der Waals surface area contributed by atoms with E-state index in [0.717, 1.165) is 0 Å². The molecule has 0 fully saturated rings. The first-order valence-electron chi connectivity index (χ1n) is 4.55. The van der Waals surface area contributed by atoms with Crippen LogP contribution < -0.4 is 15.2 Å². The van der Waals surface area contributed by atoms with Gasteiger partial charge in [-0.15, -0.1) is 0 Å². The first kappa shape index (κ1) is 11.5. The first-order chi connectivity index (χ1) is 7.30. The highest BCUT2D eigenvalue weighted by atomic mass is 19.1. The molecule has 3 nitrogen and oxygen atoms in total. The average molecular weight is 211 g/mol. The fourth-order valence-corrected chi connectivity index (χ4v) is 1.00. The van der Waals surface area contributed by atoms with Gasteiger partial charge in [-0.2, -0.15) is 0 Å². The molecule has 0 aliphatic heterocycles. The lowest BCUT2D eigenvalue weighted by molar-refractivity contribution is 0.343. The molecule has 2 N–H and O–H groups in total. The Kier molecular flexibility index (Phi) is 4.63. The van der Waals surface area contributed by atoms with Crippen LogP contribution in [0.15, 0.2) is 36.2 Å². The van der Waals surface area contributed by atoms with E-state index < -0.39 is 0 Å². The predicted molar refractivity (Wildman–Crippen MR) is 56.7 cm³/mol. The van der Waals surface area contributed by atoms with Crippen molar-refractivity contribution in [3.8, 4) is 11.5 Å². The van der Waals surface area contributed by atoms with Crippen molar-refractivity contribution in [3.05, 3.63) is 36.2 Å². The molecule has 0 aromatic heterocycles. The van der Waals surface area contributed by atoms with Crippen LogP contribution in [0.3, 0.4) is 0 Å². The zero-order chi connectivity index (χ0) is 11.1. The summed E-state index contributed by atoms with van der Waals surface area (Å²) in [4.78, 5) is 0. The second kappa shape index (κ2) is 6.03. The molecule has 0 aliphatic carbocycles. The van der Waals surface area contributed by atoms with Crippen molar-refractivity contribution in [2.24, 2.45) is 5.73 Å². The smallest absolute Gasteiger partial charge is 0.123 e. The van der Waals surface area contributed by atoms with Crippen molar-refractivity contribution < 1.29 is 13.9 Å². The predicted octanol–water partition coefficient (Wildman–Crippen LogP) is 1.89. The van der Waals surface area contributed by atoms with Gasteiger partial charge in [0.2, 0.25) is 0 Å². The molecule has 0 amide bonds. The summed E-state index contributed by atoms with van der Waals surface area (Å²) >= 11 is 0. The van der Waals surface area contributed by atoms with Crippen LogP contribution >= 0.6 is 0 Å². The van der Waals surface area contributed by atoms with E-state index in [4.69, 9.17) is 15.2 Å². The number of halogens is 1. The second-order valence-electron chi connectivity index (χ2n) is 2.94. The molecule has 0 radical (unpaired) electrons. The summed E-state index contributed by atoms with van der Waals surface area (Å²) < 4.78 is 22.5. The number of benzene rings is 1. The minimum Gasteiger partial charge on any atom is -0.497 e. The van der Waals surface area contributed by atoms with E-state index in [9.17, 15) is 4.39 Å². The third-order valence-electron chi connectivity index (χ3n) is 1.88. The Morgan fingerprint density at radius 1 is 1.47 bits per heavy atom. The van der Waals surface area contributed by atoms with Crippen LogP contribution in [0, 0.1) is 0 Å². The third-order valence-corrected chi connectivity index (χ3v) is 1.88. The molecular formula is C11H14FNO2. The lowest BCUT2D eigenvalue weighted by Crippen LogP contribution is -2.10. The SMILES string of the molecule is COc1cccc(OCC(=CF)CN)c1. The minimum absolute atomic E-state index is 0.153. The van der Waals surface area contributed by atoms with Gasteiger partial charge in [0.25, 0.3) is 0 Å². The van der Waals surface area contributed by atoms with E-state index in [0.29, 0.717) is 23.4 Å². The maximum Gasteiger partial charge on any atom is 0.123 e. The molecule has 1 aromatic carbocycles. The van der Waals surface area contributed by atoms with Gasteiger partial charge in [-0.05, 0) is 12.1 Å². The van der Waals surface area contributed by atoms with Crippen molar-refractivity contribution >= 4 is 0 Å². The summed E-state index contributed by atoms with van der Waals surface area (Å²) in [6, 6.07) is 7.11. The maximum atomic E-state index is 12.2. The minimum atomic E-state index is 0.153. The van der Waals surface area contributed by atoms with Gasteiger partial charge in [-0.1, -0.05) is 6.07 Å². The van der Waals surface area contributed by atoms with Gasteiger partial charge in [0, 0.05) is 18.2 Å². The molecule has 0 aliphatic rings. The van der Waals surface area contributed by atoms with Crippen LogP contribution in [0.4, 0.5) is 4.39 Å². The molecule has 1 rings (SSSR count). The molecule has 1 aromatic rings. The summed E-state index contributed by atoms with van der Waals surface area (Å²) in [7, 11) is 1.58. The van der Waals surface area contributed by atoms with E-state index in [1.54, 1.807) is 25.3 Å². The molecule has 0 saturated carbocycles. The van der Waals surface area contributed by atoms with Gasteiger partial charge in [-0.25, -0.2) is 4.39 Å². The van der Waals surface area contributed by atoms with Crippen LogP contribution in [-0.4, -0.2) is 20.3 Å². The maximum absolute atomic E-state index is 12.2. The zero-order valence-electron chi connectivity index (χ0n) is 8.57. The normalized spacial score (nSPS) is 11.3. The van der Waals surface area contributed by atoms with Gasteiger partial charge < -0.3 is 15.2 Å². The Balaban J connectivity index is 2.57. The number of nitrogens with two attached hydrogens (primary N) is 1. The largest absolute Gasteiger partial charge is 0.497 e. The zero-order valence-corrected chi connectivity index (χ0v) is 8.57. The molecule has 4 heteroatoms. The molecule has 82 valence electrons. The Hall–Kier alpha value is -1.55. The van der Waals surface area contributed by atoms with E-state index in [-0.39, 0.29) is 13.2 Å². The van der Waals surface area contributed by atoms with Gasteiger partial charge in [0.05, 0.1) is 13.4 Å². The van der Waals surface area contributed by atoms with Crippen molar-refractivity contribution in [2.75, 3.05) is 20.3 Å². The quantitative estimate of drug-likeness (QED) is 0.808. The van der Waals surface area contributed by atoms with E-state index >= 15 is 0 Å². The average Bonchev–Trinajstić information content (AvgIpc) is 2.31. The van der Waals surface area contributed by atoms with E-state index in [1.807, 2.05) is 6.07 Å². The number of hydrogen-bond donors (Lipinski definition) is 1. The number of hydrogen-bond acceptors (Lipinski definition) is 3. The van der Waals surface area contributed by atoms with E-state index in [1.165, 1.54) is 0 Å². The molecule has 0 unspecified atom stereocenters. The Labute approximate surface area is 88.3 Å². The van der Waals surface area contributed by atoms with Gasteiger partial charge >= 0.3 is 0 Å². The fourth-order valence-electron chi connectivity index (χ4n) is 1.00. The number of rotatable bonds is 5. The Morgan fingerprint density at radius 3 is 2.80 bits per heavy atom. The summed E-state index contributed by atoms with van der Waals surface area (Å²) in [5.74, 6) is 1.33. The van der Waals surface area contributed by atoms with Gasteiger partial charge in [0.1, 0.15) is 18.1 Å². The van der Waals surface area contributed by atoms with Crippen LogP contribution in [0.5, 0.6) is 11.5 Å². The lowest BCUT2D eigenvalue weighted by Gasteiger charge is -2.08. The van der Waals surface area contributed by atoms with E-state index in [2.05, 4.69) is 0 Å². The van der Waals surface area contributed by atoms with Crippen molar-refractivity contribution in [1.29, 1.82) is 0 Å². The fraction of sp³-hybridized carbons (Fsp3) is 0.273. The monoisotopic (exact) mass is 211 g/mol. The third kappa shape index (κ3) is 3.59. The summed E-state index contributed by atoms with van der Waals surface area (Å²) in [6.45, 7) is 0.306. The molecule has 0 heterocycles. The van der Waals surface area contributed by atoms with Crippen molar-refractivity contribution in [1.82, 2.24) is 0 Å². The molecule has 0 atom stereocenters.